The van der Waals surface area contributed by atoms with Crippen molar-refractivity contribution in [3.05, 3.63) is 142 Å². The molecule has 1 aromatic heterocycles. The van der Waals surface area contributed by atoms with Crippen LogP contribution in [0, 0.1) is 28.7 Å². The first-order chi connectivity index (χ1) is 16.7. The van der Waals surface area contributed by atoms with Gasteiger partial charge in [-0.1, -0.05) is 67.4 Å². The first-order valence-electron chi connectivity index (χ1n) is 11.2. The molecule has 5 aromatic carbocycles. The maximum absolute atomic E-state index is 4.06. The van der Waals surface area contributed by atoms with Crippen molar-refractivity contribution >= 4 is 53.2 Å². The molecule has 0 N–H and O–H groups in total. The SMILES string of the molecule is Cc1cc2c(-c3ccccc3)cccc2[cH-]1.Cc1cc2c(-c3ccncc3)cccc2[cH-]1.Cl.Cl.[CH3-].[CH3-].[Si]=[Zr]. The molecule has 38 heavy (non-hydrogen) atoms. The third-order valence-corrected chi connectivity index (χ3v) is 5.87. The molecule has 0 atom stereocenters. The van der Waals surface area contributed by atoms with Crippen LogP contribution in [-0.2, 0) is 23.3 Å². The Morgan fingerprint density at radius 2 is 1.00 bits per heavy atom. The van der Waals surface area contributed by atoms with Gasteiger partial charge in [-0.15, -0.1) is 93.9 Å². The Morgan fingerprint density at radius 3 is 1.45 bits per heavy atom. The van der Waals surface area contributed by atoms with Gasteiger partial charge in [-0.05, 0) is 23.3 Å². The fourth-order valence-electron chi connectivity index (χ4n) is 4.42. The van der Waals surface area contributed by atoms with E-state index in [4.69, 9.17) is 0 Å². The van der Waals surface area contributed by atoms with Crippen LogP contribution in [-0.4, -0.2) is 11.9 Å². The number of hydrogen-bond donors (Lipinski definition) is 0. The van der Waals surface area contributed by atoms with Gasteiger partial charge >= 0.3 is 30.2 Å². The van der Waals surface area contributed by atoms with E-state index in [1.165, 1.54) is 78.3 Å². The molecule has 1 heterocycles. The number of fused-ring (bicyclic) bond motifs is 2. The number of aryl methyl sites for hydroxylation is 2. The van der Waals surface area contributed by atoms with E-state index in [2.05, 4.69) is 129 Å². The normalized spacial score (nSPS) is 9.18. The van der Waals surface area contributed by atoms with E-state index in [-0.39, 0.29) is 39.7 Å². The molecule has 0 saturated heterocycles. The summed E-state index contributed by atoms with van der Waals surface area (Å²) in [5.41, 5.74) is 7.78. The number of rotatable bonds is 2. The molecule has 0 aliphatic carbocycles. The molecule has 6 rings (SSSR count). The molecular weight excluding hydrogens is 601 g/mol. The van der Waals surface area contributed by atoms with Crippen LogP contribution in [0.2, 0.25) is 0 Å². The van der Waals surface area contributed by atoms with Crippen LogP contribution in [0.1, 0.15) is 11.1 Å². The third-order valence-electron chi connectivity index (χ3n) is 5.87. The second-order valence-corrected chi connectivity index (χ2v) is 8.28. The van der Waals surface area contributed by atoms with Crippen molar-refractivity contribution in [3.63, 3.8) is 0 Å². The average molecular weight is 634 g/mol. The van der Waals surface area contributed by atoms with Gasteiger partial charge in [0.25, 0.3) is 0 Å². The fourth-order valence-corrected chi connectivity index (χ4v) is 4.42. The van der Waals surface area contributed by atoms with Crippen LogP contribution >= 0.6 is 24.8 Å². The van der Waals surface area contributed by atoms with Gasteiger partial charge in [0, 0.05) is 12.4 Å². The van der Waals surface area contributed by atoms with Gasteiger partial charge in [0.1, 0.15) is 0 Å². The topological polar surface area (TPSA) is 12.9 Å². The summed E-state index contributed by atoms with van der Waals surface area (Å²) in [5, 5.41) is 5.32. The Bertz CT molecular complexity index is 1390. The summed E-state index contributed by atoms with van der Waals surface area (Å²) >= 11 is 1.36. The number of nitrogens with zero attached hydrogens (tertiary/aromatic N) is 1. The predicted molar refractivity (Wildman–Crippen MR) is 170 cm³/mol. The summed E-state index contributed by atoms with van der Waals surface area (Å²) in [7, 11) is 0. The standard InChI is InChI=1S/C16H13.C15H12N.2CH3.2ClH.Si.Zr/c1-12-10-14-8-5-9-15(16(14)11-12)13-6-3-2-4-7-13;1-11-9-13-3-2-4-14(15(13)10-11)12-5-7-16-8-6-12;;;;;;/h2-11H,1H3;2-10H,1H3;2*1H3;2*1H;;/q4*-1;;;;. The van der Waals surface area contributed by atoms with E-state index in [1.54, 1.807) is 0 Å². The van der Waals surface area contributed by atoms with Crippen molar-refractivity contribution in [1.82, 2.24) is 4.98 Å². The van der Waals surface area contributed by atoms with Crippen LogP contribution in [0.5, 0.6) is 0 Å². The Morgan fingerprint density at radius 1 is 0.579 bits per heavy atom. The van der Waals surface area contributed by atoms with Crippen LogP contribution in [0.3, 0.4) is 0 Å². The molecule has 5 heteroatoms. The summed E-state index contributed by atoms with van der Waals surface area (Å²) in [6.45, 7) is 7.35. The molecule has 0 unspecified atom stereocenters. The third kappa shape index (κ3) is 8.35. The van der Waals surface area contributed by atoms with E-state index in [1.807, 2.05) is 12.4 Å². The quantitative estimate of drug-likeness (QED) is 0.137. The molecular formula is C33H33Cl2NSiZr-4. The number of pyridine rings is 1. The van der Waals surface area contributed by atoms with Crippen molar-refractivity contribution < 1.29 is 23.3 Å². The second kappa shape index (κ2) is 17.3. The van der Waals surface area contributed by atoms with E-state index in [0.717, 1.165) is 0 Å². The van der Waals surface area contributed by atoms with Gasteiger partial charge in [0.15, 0.2) is 0 Å². The minimum atomic E-state index is 0. The van der Waals surface area contributed by atoms with Gasteiger partial charge in [0.2, 0.25) is 0 Å². The molecule has 0 amide bonds. The first-order valence-corrected chi connectivity index (χ1v) is 15.4. The molecule has 0 saturated carbocycles. The van der Waals surface area contributed by atoms with Gasteiger partial charge in [-0.2, -0.15) is 12.1 Å². The summed E-state index contributed by atoms with van der Waals surface area (Å²) in [6, 6.07) is 36.6. The fraction of sp³-hybridized carbons (Fsp3) is 0.0606. The van der Waals surface area contributed by atoms with Gasteiger partial charge < -0.3 is 14.9 Å². The van der Waals surface area contributed by atoms with E-state index in [9.17, 15) is 0 Å². The van der Waals surface area contributed by atoms with Crippen LogP contribution in [0.25, 0.3) is 43.8 Å². The monoisotopic (exact) mass is 631 g/mol. The Kier molecular flexibility index (Phi) is 16.3. The van der Waals surface area contributed by atoms with Crippen LogP contribution < -0.4 is 0 Å². The maximum atomic E-state index is 4.06. The molecule has 0 aliphatic heterocycles. The number of aromatic nitrogens is 1. The average Bonchev–Trinajstić information content (AvgIpc) is 3.47. The molecule has 0 spiro atoms. The molecule has 2 radical (unpaired) electrons. The van der Waals surface area contributed by atoms with E-state index in [0.29, 0.717) is 0 Å². The van der Waals surface area contributed by atoms with E-state index >= 15 is 0 Å². The van der Waals surface area contributed by atoms with Gasteiger partial charge in [0.05, 0.1) is 0 Å². The Balaban J connectivity index is 0.000000616. The summed E-state index contributed by atoms with van der Waals surface area (Å²) < 4.78 is 0. The van der Waals surface area contributed by atoms with Crippen LogP contribution in [0.4, 0.5) is 0 Å². The Hall–Kier alpha value is -2.29. The van der Waals surface area contributed by atoms with Crippen molar-refractivity contribution in [2.75, 3.05) is 0 Å². The summed E-state index contributed by atoms with van der Waals surface area (Å²) in [5.74, 6) is 0. The van der Waals surface area contributed by atoms with Crippen LogP contribution in [0.15, 0.2) is 116 Å². The summed E-state index contributed by atoms with van der Waals surface area (Å²) in [4.78, 5) is 4.06. The second-order valence-electron chi connectivity index (χ2n) is 8.28. The van der Waals surface area contributed by atoms with Crippen molar-refractivity contribution in [2.24, 2.45) is 0 Å². The molecule has 0 aliphatic rings. The molecule has 196 valence electrons. The number of halogens is 2. The molecule has 0 bridgehead atoms. The molecule has 0 fully saturated rings. The van der Waals surface area contributed by atoms with E-state index < -0.39 is 0 Å². The van der Waals surface area contributed by atoms with Crippen molar-refractivity contribution in [3.8, 4) is 22.3 Å². The molecule has 6 aromatic rings. The summed E-state index contributed by atoms with van der Waals surface area (Å²) in [6.07, 6.45) is 3.67. The van der Waals surface area contributed by atoms with Crippen molar-refractivity contribution in [1.29, 1.82) is 0 Å². The van der Waals surface area contributed by atoms with Crippen molar-refractivity contribution in [2.45, 2.75) is 13.8 Å². The minimum absolute atomic E-state index is 0. The number of hydrogen-bond acceptors (Lipinski definition) is 1. The zero-order chi connectivity index (χ0) is 23.9. The van der Waals surface area contributed by atoms with Gasteiger partial charge in [-0.3, -0.25) is 4.98 Å². The Labute approximate surface area is 257 Å². The zero-order valence-electron chi connectivity index (χ0n) is 22.2. The number of benzene rings is 3. The first kappa shape index (κ1) is 35.7. The molecule has 1 nitrogen and oxygen atoms in total. The zero-order valence-corrected chi connectivity index (χ0v) is 27.3. The predicted octanol–water partition coefficient (Wildman–Crippen LogP) is 9.82. The van der Waals surface area contributed by atoms with Gasteiger partial charge in [-0.25, -0.2) is 0 Å².